The summed E-state index contributed by atoms with van der Waals surface area (Å²) in [5, 5.41) is 2.22. The molecule has 6 heteroatoms. The van der Waals surface area contributed by atoms with Gasteiger partial charge >= 0.3 is 0 Å². The number of imidazole rings is 1. The average Bonchev–Trinajstić information content (AvgIpc) is 4.11. The molecule has 3 aromatic heterocycles. The Kier molecular flexibility index (Phi) is 10.5. The van der Waals surface area contributed by atoms with Crippen LogP contribution in [0.2, 0.25) is 0 Å². The second kappa shape index (κ2) is 17.6. The normalized spacial score (nSPS) is 14.5. The van der Waals surface area contributed by atoms with Gasteiger partial charge in [-0.25, -0.2) is 4.98 Å². The van der Waals surface area contributed by atoms with E-state index in [9.17, 15) is 0 Å². The van der Waals surface area contributed by atoms with Gasteiger partial charge in [0.05, 0.1) is 16.7 Å². The third-order valence-corrected chi connectivity index (χ3v) is 16.5. The number of fused-ring (bicyclic) bond motifs is 10. The van der Waals surface area contributed by atoms with Crippen molar-refractivity contribution in [3.05, 3.63) is 282 Å². The molecule has 0 saturated heterocycles. The fraction of sp³-hybridized carbons (Fsp3) is 0.0833. The van der Waals surface area contributed by atoms with Crippen molar-refractivity contribution in [3.8, 4) is 73.2 Å². The first-order valence-electron chi connectivity index (χ1n) is 26.6. The van der Waals surface area contributed by atoms with Gasteiger partial charge in [0.15, 0.2) is 0 Å². The third-order valence-electron chi connectivity index (χ3n) is 16.5. The van der Waals surface area contributed by atoms with Crippen LogP contribution in [0.5, 0.6) is 11.5 Å². The maximum absolute atomic E-state index is 6.78. The van der Waals surface area contributed by atoms with Crippen molar-refractivity contribution >= 4 is 32.8 Å². The van der Waals surface area contributed by atoms with Gasteiger partial charge in [0.2, 0.25) is 0 Å². The predicted octanol–water partition coefficient (Wildman–Crippen LogP) is 16.9. The van der Waals surface area contributed by atoms with Crippen LogP contribution in [0.3, 0.4) is 0 Å². The van der Waals surface area contributed by atoms with E-state index in [1.54, 1.807) is 0 Å². The molecule has 4 heterocycles. The van der Waals surface area contributed by atoms with Crippen LogP contribution in [-0.4, -0.2) is 14.1 Å². The van der Waals surface area contributed by atoms with Crippen molar-refractivity contribution in [3.63, 3.8) is 0 Å². The zero-order chi connectivity index (χ0) is 51.1. The average molecular weight is 1180 g/mol. The van der Waals surface area contributed by atoms with E-state index in [-0.39, 0.29) is 38.3 Å². The van der Waals surface area contributed by atoms with E-state index in [1.165, 1.54) is 72.3 Å². The molecular formula is C72H48N4OPt-2. The number of aromatic nitrogens is 4. The molecule has 0 spiro atoms. The summed E-state index contributed by atoms with van der Waals surface area (Å²) in [6.45, 7) is 6.70. The van der Waals surface area contributed by atoms with Crippen LogP contribution in [-0.2, 0) is 26.5 Å². The van der Waals surface area contributed by atoms with E-state index in [0.717, 1.165) is 61.2 Å². The van der Waals surface area contributed by atoms with Crippen LogP contribution in [0.1, 0.15) is 71.6 Å². The molecule has 1 aliphatic heterocycles. The number of para-hydroxylation sites is 3. The minimum absolute atomic E-state index is 0. The van der Waals surface area contributed by atoms with E-state index in [1.807, 2.05) is 24.4 Å². The maximum atomic E-state index is 6.78. The second-order valence-electron chi connectivity index (χ2n) is 21.8. The summed E-state index contributed by atoms with van der Waals surface area (Å²) in [6, 6.07) is 87.0. The SMILES string of the molecule is CC(C)(C)c1ccnc(-n2c3[c-]c(Oc4[c-]c(-n5[c-][n+]6c7c(cccc75)-c5c(-c7ccc8c(c7)C7c9ccccc9C8c8ccccc87)cccc5-c5ccccc5-c5ccccc5-6)ccc4)ccc3c3ccccc32)c1.[Pt]. The van der Waals surface area contributed by atoms with Crippen LogP contribution < -0.4 is 9.30 Å². The molecule has 0 fully saturated rings. The number of hydrogen-bond donors (Lipinski definition) is 0. The van der Waals surface area contributed by atoms with Gasteiger partial charge in [-0.2, -0.15) is 18.2 Å². The molecule has 0 radical (unpaired) electrons. The Morgan fingerprint density at radius 2 is 1.09 bits per heavy atom. The molecule has 0 unspecified atom stereocenters. The number of pyridine rings is 1. The molecule has 3 aliphatic carbocycles. The molecule has 0 atom stereocenters. The molecule has 5 nitrogen and oxygen atoms in total. The molecule has 0 amide bonds. The fourth-order valence-electron chi connectivity index (χ4n) is 13.1. The molecule has 374 valence electrons. The summed E-state index contributed by atoms with van der Waals surface area (Å²) in [5.41, 5.74) is 24.9. The van der Waals surface area contributed by atoms with Gasteiger partial charge < -0.3 is 13.9 Å². The second-order valence-corrected chi connectivity index (χ2v) is 21.8. The van der Waals surface area contributed by atoms with Gasteiger partial charge in [-0.1, -0.05) is 184 Å². The van der Waals surface area contributed by atoms with Crippen LogP contribution in [0, 0.1) is 18.5 Å². The van der Waals surface area contributed by atoms with Crippen LogP contribution >= 0.6 is 0 Å². The van der Waals surface area contributed by atoms with E-state index in [2.05, 4.69) is 253 Å². The van der Waals surface area contributed by atoms with Crippen LogP contribution in [0.4, 0.5) is 0 Å². The number of ether oxygens (including phenoxy) is 1. The summed E-state index contributed by atoms with van der Waals surface area (Å²) >= 11 is 0. The number of benzene rings is 10. The Balaban J connectivity index is 0.00000529. The smallest absolute Gasteiger partial charge is 0.268 e. The summed E-state index contributed by atoms with van der Waals surface area (Å²) < 4.78 is 13.4. The summed E-state index contributed by atoms with van der Waals surface area (Å²) in [5.74, 6) is 2.38. The molecule has 0 saturated carbocycles. The molecule has 0 N–H and O–H groups in total. The fourth-order valence-corrected chi connectivity index (χ4v) is 13.1. The van der Waals surface area contributed by atoms with Gasteiger partial charge in [0.1, 0.15) is 5.82 Å². The van der Waals surface area contributed by atoms with Gasteiger partial charge in [0.25, 0.3) is 6.33 Å². The van der Waals surface area contributed by atoms with Crippen molar-refractivity contribution in [2.24, 2.45) is 0 Å². The Bertz CT molecular complexity index is 4580. The monoisotopic (exact) mass is 1180 g/mol. The summed E-state index contributed by atoms with van der Waals surface area (Å²) in [4.78, 5) is 4.90. The quantitative estimate of drug-likeness (QED) is 0.127. The Morgan fingerprint density at radius 3 is 1.87 bits per heavy atom. The topological polar surface area (TPSA) is 35.9 Å². The molecule has 2 bridgehead atoms. The third kappa shape index (κ3) is 6.90. The van der Waals surface area contributed by atoms with Crippen molar-refractivity contribution < 1.29 is 30.4 Å². The number of hydrogen-bond acceptors (Lipinski definition) is 2. The van der Waals surface area contributed by atoms with Crippen LogP contribution in [0.15, 0.2) is 225 Å². The summed E-state index contributed by atoms with van der Waals surface area (Å²) in [6.07, 6.45) is 5.80. The van der Waals surface area contributed by atoms with Gasteiger partial charge in [-0.05, 0) is 130 Å². The standard InChI is InChI=1S/C72H48N4O.Pt/c1-72(2,3)45-37-38-73-67(40-45)76-64-31-13-11-22-53(64)54-36-34-48(42-66(54)76)77-47-18-14-17-46(41-47)74-43-75-63-30-12-10-21-52(63)50-19-4-5-20-51(50)55-28-15-27-49(68(55)61-29-16-32-65(74)71(61)75)44-33-35-60-62(39-44)70-58-25-8-6-23-56(58)69(60)57-24-7-9-26-59(57)70;/h4-40,69-70H,1-3H3;/q-2;. The van der Waals surface area contributed by atoms with Crippen molar-refractivity contribution in [2.75, 3.05) is 0 Å². The number of nitrogens with zero attached hydrogens (tertiary/aromatic N) is 4. The molecule has 4 aliphatic rings. The first-order valence-corrected chi connectivity index (χ1v) is 26.6. The molecular weight excluding hydrogens is 1130 g/mol. The van der Waals surface area contributed by atoms with E-state index < -0.39 is 0 Å². The largest absolute Gasteiger partial charge is 0.510 e. The van der Waals surface area contributed by atoms with Crippen molar-refractivity contribution in [1.29, 1.82) is 0 Å². The zero-order valence-electron chi connectivity index (χ0n) is 43.0. The van der Waals surface area contributed by atoms with Crippen molar-refractivity contribution in [2.45, 2.75) is 38.0 Å². The van der Waals surface area contributed by atoms with Gasteiger partial charge in [-0.15, -0.1) is 29.7 Å². The first kappa shape index (κ1) is 46.4. The molecule has 17 rings (SSSR count). The van der Waals surface area contributed by atoms with E-state index >= 15 is 0 Å². The Morgan fingerprint density at radius 1 is 0.487 bits per heavy atom. The Hall–Kier alpha value is -8.89. The van der Waals surface area contributed by atoms with E-state index in [4.69, 9.17) is 9.72 Å². The molecule has 13 aromatic rings. The Labute approximate surface area is 467 Å². The summed E-state index contributed by atoms with van der Waals surface area (Å²) in [7, 11) is 0. The molecule has 10 aromatic carbocycles. The minimum atomic E-state index is -0.0408. The van der Waals surface area contributed by atoms with E-state index in [0.29, 0.717) is 11.5 Å². The zero-order valence-corrected chi connectivity index (χ0v) is 45.3. The molecule has 78 heavy (non-hydrogen) atoms. The maximum Gasteiger partial charge on any atom is 0.268 e. The number of rotatable bonds is 5. The van der Waals surface area contributed by atoms with Crippen LogP contribution in [0.25, 0.3) is 94.5 Å². The predicted molar refractivity (Wildman–Crippen MR) is 309 cm³/mol. The van der Waals surface area contributed by atoms with Gasteiger partial charge in [-0.3, -0.25) is 4.57 Å². The first-order chi connectivity index (χ1) is 37.8. The minimum Gasteiger partial charge on any atom is -0.510 e. The van der Waals surface area contributed by atoms with Gasteiger partial charge in [0, 0.05) is 56.1 Å². The van der Waals surface area contributed by atoms with Crippen molar-refractivity contribution in [1.82, 2.24) is 14.1 Å².